The summed E-state index contributed by atoms with van der Waals surface area (Å²) in [5, 5.41) is 2.75. The zero-order valence-corrected chi connectivity index (χ0v) is 11.7. The summed E-state index contributed by atoms with van der Waals surface area (Å²) in [4.78, 5) is 0. The standard InChI is InChI=1S/C10H24N2O2.C2H7N/c1-10(8-13-6-2-4-11)9-14-7-3-5-12;1-3-2/h10H,2-9,11-12H2,1H3;3H,1-2H3. The minimum Gasteiger partial charge on any atom is -0.381 e. The van der Waals surface area contributed by atoms with Gasteiger partial charge >= 0.3 is 0 Å². The van der Waals surface area contributed by atoms with Gasteiger partial charge in [0.1, 0.15) is 0 Å². The van der Waals surface area contributed by atoms with E-state index in [1.807, 2.05) is 14.1 Å². The molecule has 0 amide bonds. The lowest BCUT2D eigenvalue weighted by Gasteiger charge is -2.12. The van der Waals surface area contributed by atoms with Crippen LogP contribution in [0.15, 0.2) is 0 Å². The smallest absolute Gasteiger partial charge is 0.0513 e. The predicted octanol–water partition coefficient (Wildman–Crippen LogP) is 0.189. The van der Waals surface area contributed by atoms with Crippen LogP contribution < -0.4 is 16.8 Å². The first kappa shape index (κ1) is 19.1. The van der Waals surface area contributed by atoms with Gasteiger partial charge in [-0.05, 0) is 40.0 Å². The third-order valence-corrected chi connectivity index (χ3v) is 1.79. The fraction of sp³-hybridized carbons (Fsp3) is 1.00. The summed E-state index contributed by atoms with van der Waals surface area (Å²) >= 11 is 0. The van der Waals surface area contributed by atoms with Crippen molar-refractivity contribution in [3.63, 3.8) is 0 Å². The van der Waals surface area contributed by atoms with Crippen LogP contribution in [0.25, 0.3) is 0 Å². The van der Waals surface area contributed by atoms with Crippen molar-refractivity contribution < 1.29 is 9.47 Å². The van der Waals surface area contributed by atoms with Crippen LogP contribution in [0.4, 0.5) is 0 Å². The van der Waals surface area contributed by atoms with Gasteiger partial charge in [-0.15, -0.1) is 0 Å². The number of rotatable bonds is 10. The van der Waals surface area contributed by atoms with Crippen LogP contribution in [0.3, 0.4) is 0 Å². The Kier molecular flexibility index (Phi) is 20.5. The minimum atomic E-state index is 0.450. The zero-order valence-electron chi connectivity index (χ0n) is 11.7. The maximum absolute atomic E-state index is 5.41. The molecule has 0 aliphatic heterocycles. The molecule has 0 spiro atoms. The van der Waals surface area contributed by atoms with Crippen molar-refractivity contribution in [3.8, 4) is 0 Å². The number of nitrogens with one attached hydrogen (secondary N) is 1. The lowest BCUT2D eigenvalue weighted by atomic mass is 10.2. The van der Waals surface area contributed by atoms with Gasteiger partial charge < -0.3 is 26.3 Å². The highest BCUT2D eigenvalue weighted by Gasteiger charge is 2.01. The van der Waals surface area contributed by atoms with Crippen molar-refractivity contribution in [2.24, 2.45) is 17.4 Å². The molecule has 0 atom stereocenters. The number of hydrogen-bond donors (Lipinski definition) is 3. The molecule has 106 valence electrons. The van der Waals surface area contributed by atoms with Crippen LogP contribution in [0.2, 0.25) is 0 Å². The van der Waals surface area contributed by atoms with E-state index in [2.05, 4.69) is 12.2 Å². The van der Waals surface area contributed by atoms with Crippen LogP contribution in [-0.4, -0.2) is 53.6 Å². The van der Waals surface area contributed by atoms with Gasteiger partial charge in [0.25, 0.3) is 0 Å². The summed E-state index contributed by atoms with van der Waals surface area (Å²) in [6, 6.07) is 0. The molecule has 0 saturated heterocycles. The van der Waals surface area contributed by atoms with E-state index in [1.165, 1.54) is 0 Å². The Hall–Kier alpha value is -0.200. The maximum atomic E-state index is 5.41. The minimum absolute atomic E-state index is 0.450. The molecule has 0 aromatic rings. The van der Waals surface area contributed by atoms with Crippen molar-refractivity contribution in [1.82, 2.24) is 5.32 Å². The molecule has 0 radical (unpaired) electrons. The second-order valence-electron chi connectivity index (χ2n) is 4.04. The van der Waals surface area contributed by atoms with E-state index in [1.54, 1.807) is 0 Å². The molecule has 0 aromatic carbocycles. The first-order valence-corrected chi connectivity index (χ1v) is 6.37. The van der Waals surface area contributed by atoms with Gasteiger partial charge in [-0.25, -0.2) is 0 Å². The molecule has 0 unspecified atom stereocenters. The molecule has 5 nitrogen and oxygen atoms in total. The summed E-state index contributed by atoms with van der Waals surface area (Å²) in [6.07, 6.45) is 1.86. The molecule has 0 saturated carbocycles. The van der Waals surface area contributed by atoms with E-state index >= 15 is 0 Å². The van der Waals surface area contributed by atoms with Crippen LogP contribution in [0.1, 0.15) is 19.8 Å². The summed E-state index contributed by atoms with van der Waals surface area (Å²) in [7, 11) is 3.75. The van der Waals surface area contributed by atoms with Gasteiger partial charge in [0.2, 0.25) is 0 Å². The Morgan fingerprint density at radius 2 is 1.29 bits per heavy atom. The highest BCUT2D eigenvalue weighted by molar-refractivity contribution is 4.49. The molecule has 0 aromatic heterocycles. The molecular formula is C12H31N3O2. The van der Waals surface area contributed by atoms with E-state index < -0.39 is 0 Å². The largest absolute Gasteiger partial charge is 0.381 e. The zero-order chi connectivity index (χ0) is 13.4. The van der Waals surface area contributed by atoms with Crippen molar-refractivity contribution in [1.29, 1.82) is 0 Å². The fourth-order valence-corrected chi connectivity index (χ4v) is 0.988. The average molecular weight is 249 g/mol. The molecule has 17 heavy (non-hydrogen) atoms. The molecule has 5 N–H and O–H groups in total. The lowest BCUT2D eigenvalue weighted by Crippen LogP contribution is -2.15. The molecule has 0 fully saturated rings. The van der Waals surface area contributed by atoms with Crippen molar-refractivity contribution >= 4 is 0 Å². The summed E-state index contributed by atoms with van der Waals surface area (Å²) in [6.45, 7) is 6.52. The third kappa shape index (κ3) is 21.6. The van der Waals surface area contributed by atoms with E-state index in [9.17, 15) is 0 Å². The van der Waals surface area contributed by atoms with Gasteiger partial charge in [0.15, 0.2) is 0 Å². The van der Waals surface area contributed by atoms with Crippen LogP contribution >= 0.6 is 0 Å². The first-order chi connectivity index (χ1) is 8.22. The number of nitrogens with two attached hydrogens (primary N) is 2. The lowest BCUT2D eigenvalue weighted by molar-refractivity contribution is 0.0454. The van der Waals surface area contributed by atoms with E-state index in [4.69, 9.17) is 20.9 Å². The topological polar surface area (TPSA) is 82.5 Å². The Labute approximate surface area is 106 Å². The Morgan fingerprint density at radius 1 is 0.941 bits per heavy atom. The van der Waals surface area contributed by atoms with Gasteiger partial charge in [-0.3, -0.25) is 0 Å². The SMILES string of the molecule is CC(COCCCN)COCCCN.CNC. The summed E-state index contributed by atoms with van der Waals surface area (Å²) in [5.41, 5.74) is 10.7. The van der Waals surface area contributed by atoms with Gasteiger partial charge in [0.05, 0.1) is 13.2 Å². The van der Waals surface area contributed by atoms with E-state index in [0.29, 0.717) is 19.0 Å². The van der Waals surface area contributed by atoms with Crippen LogP contribution in [0.5, 0.6) is 0 Å². The highest BCUT2D eigenvalue weighted by Crippen LogP contribution is 1.97. The van der Waals surface area contributed by atoms with E-state index in [0.717, 1.165) is 39.3 Å². The third-order valence-electron chi connectivity index (χ3n) is 1.79. The average Bonchev–Trinajstić information content (AvgIpc) is 2.31. The monoisotopic (exact) mass is 249 g/mol. The maximum Gasteiger partial charge on any atom is 0.0513 e. The van der Waals surface area contributed by atoms with Crippen LogP contribution in [-0.2, 0) is 9.47 Å². The molecule has 0 rings (SSSR count). The number of ether oxygens (including phenoxy) is 2. The van der Waals surface area contributed by atoms with E-state index in [-0.39, 0.29) is 0 Å². The second kappa shape index (κ2) is 18.2. The Bertz CT molecular complexity index is 114. The normalized spacial score (nSPS) is 10.2. The van der Waals surface area contributed by atoms with Crippen LogP contribution in [0, 0.1) is 5.92 Å². The number of hydrogen-bond acceptors (Lipinski definition) is 5. The predicted molar refractivity (Wildman–Crippen MR) is 73.1 cm³/mol. The molecular weight excluding hydrogens is 218 g/mol. The highest BCUT2D eigenvalue weighted by atomic mass is 16.5. The molecule has 5 heteroatoms. The van der Waals surface area contributed by atoms with Crippen molar-refractivity contribution in [2.75, 3.05) is 53.6 Å². The van der Waals surface area contributed by atoms with Crippen molar-refractivity contribution in [3.05, 3.63) is 0 Å². The second-order valence-corrected chi connectivity index (χ2v) is 4.04. The first-order valence-electron chi connectivity index (χ1n) is 6.37. The van der Waals surface area contributed by atoms with Gasteiger partial charge in [0, 0.05) is 19.1 Å². The Balaban J connectivity index is 0. The molecule has 0 heterocycles. The van der Waals surface area contributed by atoms with Gasteiger partial charge in [-0.1, -0.05) is 6.92 Å². The quantitative estimate of drug-likeness (QED) is 0.481. The van der Waals surface area contributed by atoms with Crippen molar-refractivity contribution in [2.45, 2.75) is 19.8 Å². The summed E-state index contributed by atoms with van der Waals surface area (Å²) in [5.74, 6) is 0.450. The molecule has 0 bridgehead atoms. The molecule has 0 aliphatic rings. The Morgan fingerprint density at radius 3 is 1.59 bits per heavy atom. The van der Waals surface area contributed by atoms with Gasteiger partial charge in [-0.2, -0.15) is 0 Å². The fourth-order valence-electron chi connectivity index (χ4n) is 0.988. The summed E-state index contributed by atoms with van der Waals surface area (Å²) < 4.78 is 10.8. The molecule has 0 aliphatic carbocycles.